The molecule has 37 heavy (non-hydrogen) atoms. The first-order valence-electron chi connectivity index (χ1n) is 11.4. The fourth-order valence-electron chi connectivity index (χ4n) is 3.84. The molecule has 0 saturated heterocycles. The first-order valence-corrected chi connectivity index (χ1v) is 11.8. The third-order valence-corrected chi connectivity index (χ3v) is 6.16. The van der Waals surface area contributed by atoms with E-state index < -0.39 is 17.8 Å². The molecule has 3 aromatic rings. The van der Waals surface area contributed by atoms with Crippen LogP contribution in [0.1, 0.15) is 27.0 Å². The summed E-state index contributed by atoms with van der Waals surface area (Å²) in [5.41, 5.74) is 4.38. The quantitative estimate of drug-likeness (QED) is 0.347. The number of esters is 1. The second-order valence-electron chi connectivity index (χ2n) is 8.54. The van der Waals surface area contributed by atoms with Crippen molar-refractivity contribution >= 4 is 52.4 Å². The topological polar surface area (TPSA) is 105 Å². The Hall–Kier alpha value is -4.43. The van der Waals surface area contributed by atoms with Crippen LogP contribution in [-0.2, 0) is 25.5 Å². The van der Waals surface area contributed by atoms with Crippen LogP contribution in [0.4, 0.5) is 17.1 Å². The monoisotopic (exact) mass is 517 g/mol. The van der Waals surface area contributed by atoms with Gasteiger partial charge in [0.05, 0.1) is 24.8 Å². The van der Waals surface area contributed by atoms with Crippen LogP contribution in [0.3, 0.4) is 0 Å². The Morgan fingerprint density at radius 2 is 1.68 bits per heavy atom. The zero-order chi connectivity index (χ0) is 26.7. The van der Waals surface area contributed by atoms with Gasteiger partial charge in [0.25, 0.3) is 11.8 Å². The van der Waals surface area contributed by atoms with E-state index in [-0.39, 0.29) is 34.3 Å². The fourth-order valence-corrected chi connectivity index (χ4v) is 4.05. The Kier molecular flexibility index (Phi) is 7.40. The number of nitrogens with zero attached hydrogens (tertiary/aromatic N) is 1. The number of aryl methyl sites for hydroxylation is 2. The highest BCUT2D eigenvalue weighted by atomic mass is 35.5. The summed E-state index contributed by atoms with van der Waals surface area (Å²) in [5, 5.41) is 5.55. The van der Waals surface area contributed by atoms with Gasteiger partial charge in [0, 0.05) is 11.4 Å². The molecule has 2 N–H and O–H groups in total. The van der Waals surface area contributed by atoms with Crippen molar-refractivity contribution in [2.24, 2.45) is 0 Å². The second kappa shape index (κ2) is 10.7. The number of halogens is 1. The van der Waals surface area contributed by atoms with Crippen molar-refractivity contribution in [3.8, 4) is 0 Å². The number of hydrogen-bond acceptors (Lipinski definition) is 6. The summed E-state index contributed by atoms with van der Waals surface area (Å²) in [6.45, 7) is 3.89. The van der Waals surface area contributed by atoms with E-state index in [9.17, 15) is 19.2 Å². The van der Waals surface area contributed by atoms with Crippen LogP contribution in [0, 0.1) is 13.8 Å². The Morgan fingerprint density at radius 3 is 2.38 bits per heavy atom. The Balaban J connectivity index is 1.44. The van der Waals surface area contributed by atoms with Gasteiger partial charge in [0.15, 0.2) is 0 Å². The molecule has 0 atom stereocenters. The minimum Gasteiger partial charge on any atom is -0.465 e. The molecule has 0 spiro atoms. The third kappa shape index (κ3) is 5.54. The summed E-state index contributed by atoms with van der Waals surface area (Å²) in [7, 11) is 1.24. The van der Waals surface area contributed by atoms with Gasteiger partial charge in [-0.2, -0.15) is 0 Å². The first-order chi connectivity index (χ1) is 17.7. The fraction of sp³-hybridized carbons (Fsp3) is 0.143. The molecular weight excluding hydrogens is 494 g/mol. The summed E-state index contributed by atoms with van der Waals surface area (Å²) >= 11 is 6.21. The van der Waals surface area contributed by atoms with Gasteiger partial charge in [-0.1, -0.05) is 41.9 Å². The van der Waals surface area contributed by atoms with Crippen LogP contribution < -0.4 is 15.5 Å². The van der Waals surface area contributed by atoms with Crippen LogP contribution in [0.5, 0.6) is 0 Å². The van der Waals surface area contributed by atoms with E-state index in [1.54, 1.807) is 24.3 Å². The van der Waals surface area contributed by atoms with Crippen molar-refractivity contribution in [2.45, 2.75) is 20.3 Å². The van der Waals surface area contributed by atoms with E-state index in [1.165, 1.54) is 31.4 Å². The highest BCUT2D eigenvalue weighted by Crippen LogP contribution is 2.30. The summed E-state index contributed by atoms with van der Waals surface area (Å²) in [6.07, 6.45) is 0.166. The first kappa shape index (κ1) is 25.7. The molecule has 1 heterocycles. The Labute approximate surface area is 218 Å². The van der Waals surface area contributed by atoms with Crippen molar-refractivity contribution in [3.05, 3.63) is 99.7 Å². The SMILES string of the molecule is COC(=O)c1cccc(N2C(=O)C(Cl)=C(Nc3ccc(CC(=O)Nc4cc(C)ccc4C)cc3)C2=O)c1. The Morgan fingerprint density at radius 1 is 0.946 bits per heavy atom. The molecule has 0 fully saturated rings. The molecule has 0 aliphatic carbocycles. The standard InChI is InChI=1S/C28H24ClN3O5/c1-16-7-8-17(2)22(13-16)31-23(33)14-18-9-11-20(12-10-18)30-25-24(29)26(34)32(27(25)35)21-6-4-5-19(15-21)28(36)37-3/h4-13,15,30H,14H2,1-3H3,(H,31,33). The number of ether oxygens (including phenoxy) is 1. The van der Waals surface area contributed by atoms with Gasteiger partial charge in [0.2, 0.25) is 5.91 Å². The molecule has 188 valence electrons. The number of rotatable bonds is 7. The second-order valence-corrected chi connectivity index (χ2v) is 8.92. The highest BCUT2D eigenvalue weighted by molar-refractivity contribution is 6.53. The lowest BCUT2D eigenvalue weighted by Gasteiger charge is -2.16. The van der Waals surface area contributed by atoms with Gasteiger partial charge in [0.1, 0.15) is 10.7 Å². The van der Waals surface area contributed by atoms with Gasteiger partial charge in [-0.15, -0.1) is 0 Å². The minimum atomic E-state index is -0.712. The zero-order valence-electron chi connectivity index (χ0n) is 20.4. The number of methoxy groups -OCH3 is 1. The predicted molar refractivity (Wildman–Crippen MR) is 141 cm³/mol. The third-order valence-electron chi connectivity index (χ3n) is 5.81. The maximum Gasteiger partial charge on any atom is 0.337 e. The van der Waals surface area contributed by atoms with Gasteiger partial charge >= 0.3 is 5.97 Å². The molecule has 0 bridgehead atoms. The number of hydrogen-bond donors (Lipinski definition) is 2. The average molecular weight is 518 g/mol. The van der Waals surface area contributed by atoms with Crippen molar-refractivity contribution in [1.29, 1.82) is 0 Å². The molecule has 3 aromatic carbocycles. The minimum absolute atomic E-state index is 0.0875. The van der Waals surface area contributed by atoms with Gasteiger partial charge in [-0.3, -0.25) is 14.4 Å². The lowest BCUT2D eigenvalue weighted by atomic mass is 10.1. The lowest BCUT2D eigenvalue weighted by Crippen LogP contribution is -2.32. The molecule has 8 nitrogen and oxygen atoms in total. The smallest absolute Gasteiger partial charge is 0.337 e. The number of nitrogens with one attached hydrogen (secondary N) is 2. The molecule has 9 heteroatoms. The average Bonchev–Trinajstić information content (AvgIpc) is 3.09. The van der Waals surface area contributed by atoms with E-state index >= 15 is 0 Å². The van der Waals surface area contributed by atoms with Crippen molar-refractivity contribution in [1.82, 2.24) is 0 Å². The zero-order valence-corrected chi connectivity index (χ0v) is 21.2. The molecule has 1 aliphatic heterocycles. The van der Waals surface area contributed by atoms with Crippen LogP contribution in [-0.4, -0.2) is 30.8 Å². The van der Waals surface area contributed by atoms with Gasteiger partial charge in [-0.05, 0) is 66.9 Å². The molecular formula is C28H24ClN3O5. The molecule has 1 aliphatic rings. The number of amides is 3. The molecule has 0 unspecified atom stereocenters. The normalized spacial score (nSPS) is 13.1. The summed E-state index contributed by atoms with van der Waals surface area (Å²) < 4.78 is 4.70. The van der Waals surface area contributed by atoms with Crippen LogP contribution in [0.2, 0.25) is 0 Å². The highest BCUT2D eigenvalue weighted by Gasteiger charge is 2.39. The van der Waals surface area contributed by atoms with E-state index in [1.807, 2.05) is 32.0 Å². The van der Waals surface area contributed by atoms with Crippen LogP contribution in [0.25, 0.3) is 0 Å². The number of benzene rings is 3. The van der Waals surface area contributed by atoms with E-state index in [0.29, 0.717) is 5.69 Å². The summed E-state index contributed by atoms with van der Waals surface area (Å²) in [5.74, 6) is -2.12. The van der Waals surface area contributed by atoms with Crippen molar-refractivity contribution < 1.29 is 23.9 Å². The maximum absolute atomic E-state index is 13.1. The van der Waals surface area contributed by atoms with Crippen molar-refractivity contribution in [2.75, 3.05) is 22.6 Å². The molecule has 4 rings (SSSR count). The van der Waals surface area contributed by atoms with Crippen LogP contribution >= 0.6 is 11.6 Å². The number of anilines is 3. The largest absolute Gasteiger partial charge is 0.465 e. The predicted octanol–water partition coefficient (Wildman–Crippen LogP) is 4.71. The lowest BCUT2D eigenvalue weighted by molar-refractivity contribution is -0.120. The van der Waals surface area contributed by atoms with Crippen molar-refractivity contribution in [3.63, 3.8) is 0 Å². The molecule has 0 aromatic heterocycles. The molecule has 0 radical (unpaired) electrons. The molecule has 3 amide bonds. The number of carbonyl (C=O) groups is 4. The number of carbonyl (C=O) groups excluding carboxylic acids is 4. The van der Waals surface area contributed by atoms with Gasteiger partial charge < -0.3 is 15.4 Å². The Bertz CT molecular complexity index is 1450. The maximum atomic E-state index is 13.1. The molecule has 0 saturated carbocycles. The number of imide groups is 1. The van der Waals surface area contributed by atoms with E-state index in [2.05, 4.69) is 10.6 Å². The van der Waals surface area contributed by atoms with E-state index in [0.717, 1.165) is 27.3 Å². The summed E-state index contributed by atoms with van der Waals surface area (Å²) in [6, 6.07) is 18.7. The van der Waals surface area contributed by atoms with Crippen LogP contribution in [0.15, 0.2) is 77.5 Å². The summed E-state index contributed by atoms with van der Waals surface area (Å²) in [4.78, 5) is 51.1. The van der Waals surface area contributed by atoms with Gasteiger partial charge in [-0.25, -0.2) is 9.69 Å². The van der Waals surface area contributed by atoms with E-state index in [4.69, 9.17) is 16.3 Å².